The van der Waals surface area contributed by atoms with Gasteiger partial charge in [-0.25, -0.2) is 0 Å². The molecular formula is C77H124O6. The quantitative estimate of drug-likeness (QED) is 0.0261. The number of esters is 3. The van der Waals surface area contributed by atoms with Crippen molar-refractivity contribution in [2.75, 3.05) is 13.2 Å². The molecule has 0 aromatic carbocycles. The minimum Gasteiger partial charge on any atom is -0.462 e. The Kier molecular flexibility index (Phi) is 65.4. The monoisotopic (exact) mass is 1140 g/mol. The Bertz CT molecular complexity index is 1840. The van der Waals surface area contributed by atoms with Crippen LogP contribution in [0.25, 0.3) is 0 Å². The van der Waals surface area contributed by atoms with Crippen LogP contribution in [0.15, 0.2) is 158 Å². The molecule has 0 N–H and O–H groups in total. The number of carbonyl (C=O) groups excluding carboxylic acids is 3. The first-order valence-electron chi connectivity index (χ1n) is 34.0. The number of allylic oxidation sites excluding steroid dienone is 26. The van der Waals surface area contributed by atoms with Crippen molar-refractivity contribution in [2.45, 2.75) is 297 Å². The zero-order chi connectivity index (χ0) is 59.9. The number of hydrogen-bond acceptors (Lipinski definition) is 6. The average Bonchev–Trinajstić information content (AvgIpc) is 3.49. The highest BCUT2D eigenvalue weighted by Gasteiger charge is 2.19. The van der Waals surface area contributed by atoms with Gasteiger partial charge in [0, 0.05) is 19.3 Å². The first-order valence-corrected chi connectivity index (χ1v) is 34.0. The van der Waals surface area contributed by atoms with E-state index in [1.54, 1.807) is 0 Å². The van der Waals surface area contributed by atoms with Gasteiger partial charge in [0.2, 0.25) is 0 Å². The van der Waals surface area contributed by atoms with E-state index >= 15 is 0 Å². The largest absolute Gasteiger partial charge is 0.462 e. The van der Waals surface area contributed by atoms with Gasteiger partial charge in [0.1, 0.15) is 13.2 Å². The molecule has 0 aliphatic carbocycles. The van der Waals surface area contributed by atoms with Gasteiger partial charge in [0.05, 0.1) is 0 Å². The molecule has 0 radical (unpaired) electrons. The van der Waals surface area contributed by atoms with E-state index in [0.29, 0.717) is 19.3 Å². The third-order valence-electron chi connectivity index (χ3n) is 14.0. The topological polar surface area (TPSA) is 78.9 Å². The van der Waals surface area contributed by atoms with Gasteiger partial charge in [0.15, 0.2) is 6.10 Å². The Labute approximate surface area is 511 Å². The molecule has 0 aromatic heterocycles. The second-order valence-electron chi connectivity index (χ2n) is 22.0. The fraction of sp³-hybridized carbons (Fsp3) is 0.623. The van der Waals surface area contributed by atoms with Crippen molar-refractivity contribution in [3.05, 3.63) is 158 Å². The molecule has 468 valence electrons. The average molecular weight is 1150 g/mol. The van der Waals surface area contributed by atoms with Crippen LogP contribution >= 0.6 is 0 Å². The summed E-state index contributed by atoms with van der Waals surface area (Å²) in [6, 6.07) is 0. The van der Waals surface area contributed by atoms with Crippen LogP contribution in [0.1, 0.15) is 290 Å². The maximum absolute atomic E-state index is 12.9. The number of rotatable bonds is 60. The van der Waals surface area contributed by atoms with E-state index in [2.05, 4.69) is 179 Å². The number of carbonyl (C=O) groups is 3. The van der Waals surface area contributed by atoms with Crippen LogP contribution in [0.5, 0.6) is 0 Å². The number of unbranched alkanes of at least 4 members (excludes halogenated alkanes) is 23. The molecule has 0 heterocycles. The second kappa shape index (κ2) is 69.5. The first kappa shape index (κ1) is 78.0. The van der Waals surface area contributed by atoms with Crippen molar-refractivity contribution in [3.63, 3.8) is 0 Å². The highest BCUT2D eigenvalue weighted by molar-refractivity contribution is 5.71. The Morgan fingerprint density at radius 1 is 0.253 bits per heavy atom. The maximum atomic E-state index is 12.9. The highest BCUT2D eigenvalue weighted by Crippen LogP contribution is 2.15. The maximum Gasteiger partial charge on any atom is 0.306 e. The molecule has 0 amide bonds. The molecule has 0 aliphatic heterocycles. The van der Waals surface area contributed by atoms with E-state index in [9.17, 15) is 14.4 Å². The fourth-order valence-electron chi connectivity index (χ4n) is 8.97. The lowest BCUT2D eigenvalue weighted by Crippen LogP contribution is -2.30. The summed E-state index contributed by atoms with van der Waals surface area (Å²) in [5, 5.41) is 0. The van der Waals surface area contributed by atoms with Crippen molar-refractivity contribution in [3.8, 4) is 0 Å². The normalized spacial score (nSPS) is 13.1. The zero-order valence-corrected chi connectivity index (χ0v) is 53.7. The summed E-state index contributed by atoms with van der Waals surface area (Å²) in [5.74, 6) is -0.936. The molecule has 0 saturated carbocycles. The summed E-state index contributed by atoms with van der Waals surface area (Å²) in [7, 11) is 0. The smallest absolute Gasteiger partial charge is 0.306 e. The van der Waals surface area contributed by atoms with E-state index in [4.69, 9.17) is 14.2 Å². The van der Waals surface area contributed by atoms with E-state index in [0.717, 1.165) is 154 Å². The van der Waals surface area contributed by atoms with Crippen LogP contribution in [0.3, 0.4) is 0 Å². The molecule has 6 nitrogen and oxygen atoms in total. The molecule has 0 fully saturated rings. The third-order valence-corrected chi connectivity index (χ3v) is 14.0. The van der Waals surface area contributed by atoms with E-state index in [-0.39, 0.29) is 31.1 Å². The molecule has 1 unspecified atom stereocenters. The van der Waals surface area contributed by atoms with Gasteiger partial charge in [-0.3, -0.25) is 14.4 Å². The molecule has 0 bridgehead atoms. The van der Waals surface area contributed by atoms with Crippen LogP contribution in [0, 0.1) is 0 Å². The van der Waals surface area contributed by atoms with Gasteiger partial charge >= 0.3 is 17.9 Å². The zero-order valence-electron chi connectivity index (χ0n) is 53.7. The SMILES string of the molecule is CC/C=C\C/C=C\C/C=C\C/C=C\C/C=C\C/C=C\C/C=C\C/C=C\CCCCCCC(=O)OCC(COC(=O)CCCCCCCCC/C=C\C/C=C\C/C=C\CC)OC(=O)CCCCCCCCCCC/C=C\C/C=C\CCCCC. The molecular weight excluding hydrogens is 1020 g/mol. The third kappa shape index (κ3) is 67.7. The summed E-state index contributed by atoms with van der Waals surface area (Å²) < 4.78 is 16.9. The minimum absolute atomic E-state index is 0.0987. The van der Waals surface area contributed by atoms with Crippen molar-refractivity contribution in [1.82, 2.24) is 0 Å². The Hall–Kier alpha value is -4.97. The van der Waals surface area contributed by atoms with Gasteiger partial charge in [-0.05, 0) is 148 Å². The van der Waals surface area contributed by atoms with Gasteiger partial charge in [-0.15, -0.1) is 0 Å². The lowest BCUT2D eigenvalue weighted by Gasteiger charge is -2.18. The van der Waals surface area contributed by atoms with E-state index in [1.807, 2.05) is 0 Å². The van der Waals surface area contributed by atoms with Crippen LogP contribution in [0.2, 0.25) is 0 Å². The minimum atomic E-state index is -0.805. The fourth-order valence-corrected chi connectivity index (χ4v) is 8.97. The standard InChI is InChI=1S/C77H124O6/c1-4-7-10-13-16-19-22-25-28-31-33-34-35-36-37-38-39-40-41-42-44-46-49-52-55-58-61-64-67-70-76(79)82-73-74(72-81-75(78)69-66-63-60-57-54-51-48-45-30-27-24-21-18-15-12-9-6-3)83-77(80)71-68-65-62-59-56-53-50-47-43-32-29-26-23-20-17-14-11-8-5-2/h7,9-10,12,16-21,25-30,33-34,36-37,39-40,42,44,49,52,74H,4-6,8,11,13-15,22-24,31-32,35,38,41,43,45-48,50-51,53-73H2,1-3H3/b10-7-,12-9-,19-16-,20-17-,21-18-,28-25-,29-26-,30-27-,34-33-,37-36-,40-39-,44-42-,52-49-. The summed E-state index contributed by atoms with van der Waals surface area (Å²) in [5.41, 5.74) is 0. The van der Waals surface area contributed by atoms with Gasteiger partial charge in [-0.2, -0.15) is 0 Å². The molecule has 0 spiro atoms. The summed E-state index contributed by atoms with van der Waals surface area (Å²) in [6.45, 7) is 6.37. The van der Waals surface area contributed by atoms with Crippen molar-refractivity contribution < 1.29 is 28.6 Å². The first-order chi connectivity index (χ1) is 41.0. The number of hydrogen-bond donors (Lipinski definition) is 0. The van der Waals surface area contributed by atoms with Crippen molar-refractivity contribution >= 4 is 17.9 Å². The second-order valence-corrected chi connectivity index (χ2v) is 22.0. The Morgan fingerprint density at radius 3 is 0.735 bits per heavy atom. The van der Waals surface area contributed by atoms with E-state index in [1.165, 1.54) is 96.3 Å². The molecule has 1 atom stereocenters. The predicted octanol–water partition coefficient (Wildman–Crippen LogP) is 23.7. The summed E-state index contributed by atoms with van der Waals surface area (Å²) in [4.78, 5) is 38.4. The predicted molar refractivity (Wildman–Crippen MR) is 362 cm³/mol. The molecule has 0 aliphatic rings. The van der Waals surface area contributed by atoms with Crippen LogP contribution in [0.4, 0.5) is 0 Å². The van der Waals surface area contributed by atoms with E-state index < -0.39 is 6.10 Å². The van der Waals surface area contributed by atoms with Crippen LogP contribution in [-0.4, -0.2) is 37.2 Å². The van der Waals surface area contributed by atoms with Gasteiger partial charge < -0.3 is 14.2 Å². The lowest BCUT2D eigenvalue weighted by molar-refractivity contribution is -0.167. The van der Waals surface area contributed by atoms with Crippen molar-refractivity contribution in [1.29, 1.82) is 0 Å². The van der Waals surface area contributed by atoms with Crippen LogP contribution < -0.4 is 0 Å². The molecule has 83 heavy (non-hydrogen) atoms. The Morgan fingerprint density at radius 2 is 0.470 bits per heavy atom. The summed E-state index contributed by atoms with van der Waals surface area (Å²) in [6.07, 6.45) is 101. The van der Waals surface area contributed by atoms with Gasteiger partial charge in [0.25, 0.3) is 0 Å². The molecule has 0 rings (SSSR count). The molecule has 0 aromatic rings. The highest BCUT2D eigenvalue weighted by atomic mass is 16.6. The van der Waals surface area contributed by atoms with Gasteiger partial charge in [-0.1, -0.05) is 281 Å². The van der Waals surface area contributed by atoms with Crippen LogP contribution in [-0.2, 0) is 28.6 Å². The lowest BCUT2D eigenvalue weighted by atomic mass is 10.1. The summed E-state index contributed by atoms with van der Waals surface area (Å²) >= 11 is 0. The molecule has 0 saturated heterocycles. The molecule has 6 heteroatoms. The van der Waals surface area contributed by atoms with Crippen molar-refractivity contribution in [2.24, 2.45) is 0 Å². The Balaban J connectivity index is 4.45. The number of ether oxygens (including phenoxy) is 3.